The van der Waals surface area contributed by atoms with E-state index >= 15 is 0 Å². The number of nitrogens with one attached hydrogen (secondary N) is 1. The number of anilines is 1. The molecule has 0 spiro atoms. The lowest BCUT2D eigenvalue weighted by atomic mass is 10.2. The summed E-state index contributed by atoms with van der Waals surface area (Å²) in [6.45, 7) is 0. The van der Waals surface area contributed by atoms with Crippen LogP contribution in [0.1, 0.15) is 0 Å². The first-order valence-corrected chi connectivity index (χ1v) is 8.79. The van der Waals surface area contributed by atoms with E-state index in [0.29, 0.717) is 5.82 Å². The Morgan fingerprint density at radius 1 is 1.00 bits per heavy atom. The van der Waals surface area contributed by atoms with Gasteiger partial charge < -0.3 is 22.2 Å². The van der Waals surface area contributed by atoms with Crippen molar-refractivity contribution >= 4 is 24.4 Å². The van der Waals surface area contributed by atoms with Gasteiger partial charge in [0, 0.05) is 0 Å². The van der Waals surface area contributed by atoms with Crippen LogP contribution in [0.4, 0.5) is 5.13 Å². The highest BCUT2D eigenvalue weighted by atomic mass is 35.5. The minimum Gasteiger partial charge on any atom is -1.00 e. The third-order valence-electron chi connectivity index (χ3n) is 2.84. The molecule has 0 aliphatic rings. The number of aromatic nitrogens is 2. The first-order valence-electron chi connectivity index (χ1n) is 6.41. The van der Waals surface area contributed by atoms with Crippen molar-refractivity contribution < 1.29 is 30.7 Å². The van der Waals surface area contributed by atoms with Crippen LogP contribution in [0.5, 0.6) is 0 Å². The molecular formula is C14H13ClN3O3PS. The Bertz CT molecular complexity index is 767. The molecule has 0 bridgehead atoms. The molecule has 1 heterocycles. The fourth-order valence-corrected chi connectivity index (χ4v) is 3.55. The van der Waals surface area contributed by atoms with E-state index in [1.54, 1.807) is 0 Å². The number of hydrogen-bond donors (Lipinski definition) is 3. The molecule has 0 saturated carbocycles. The van der Waals surface area contributed by atoms with E-state index < -0.39 is 7.75 Å². The summed E-state index contributed by atoms with van der Waals surface area (Å²) in [4.78, 5) is 22.5. The Hall–Kier alpha value is -1.76. The van der Waals surface area contributed by atoms with Crippen molar-refractivity contribution in [1.82, 2.24) is 4.98 Å². The van der Waals surface area contributed by atoms with Crippen molar-refractivity contribution in [2.75, 3.05) is 5.09 Å². The van der Waals surface area contributed by atoms with E-state index in [0.717, 1.165) is 22.8 Å². The summed E-state index contributed by atoms with van der Waals surface area (Å²) in [5.41, 5.74) is 1.74. The summed E-state index contributed by atoms with van der Waals surface area (Å²) >= 11 is 1.14. The highest BCUT2D eigenvalue weighted by Gasteiger charge is 2.27. The first kappa shape index (κ1) is 17.6. The maximum Gasteiger partial charge on any atom is 0.431 e. The molecule has 0 amide bonds. The average molecular weight is 370 g/mol. The minimum atomic E-state index is -4.39. The van der Waals surface area contributed by atoms with E-state index in [1.807, 2.05) is 64.6 Å². The molecule has 120 valence electrons. The number of halogens is 1. The molecule has 3 N–H and O–H groups in total. The molecule has 0 saturated heterocycles. The van der Waals surface area contributed by atoms with Crippen molar-refractivity contribution in [3.05, 3.63) is 60.7 Å². The number of benzene rings is 2. The van der Waals surface area contributed by atoms with Crippen molar-refractivity contribution in [2.24, 2.45) is 0 Å². The smallest absolute Gasteiger partial charge is 0.431 e. The average Bonchev–Trinajstić information content (AvgIpc) is 2.91. The number of rotatable bonds is 4. The molecule has 3 rings (SSSR count). The molecule has 6 nitrogen and oxygen atoms in total. The normalized spacial score (nSPS) is 10.9. The molecular weight excluding hydrogens is 357 g/mol. The predicted molar refractivity (Wildman–Crippen MR) is 84.7 cm³/mol. The second kappa shape index (κ2) is 7.21. The van der Waals surface area contributed by atoms with Gasteiger partial charge in [0.2, 0.25) is 0 Å². The zero-order chi connectivity index (χ0) is 15.6. The van der Waals surface area contributed by atoms with Gasteiger partial charge in [-0.15, -0.1) is 3.96 Å². The Morgan fingerprint density at radius 3 is 2.13 bits per heavy atom. The van der Waals surface area contributed by atoms with E-state index in [4.69, 9.17) is 9.79 Å². The van der Waals surface area contributed by atoms with Crippen LogP contribution in [-0.4, -0.2) is 14.8 Å². The summed E-state index contributed by atoms with van der Waals surface area (Å²) in [6.07, 6.45) is 0. The zero-order valence-corrected chi connectivity index (χ0v) is 14.2. The van der Waals surface area contributed by atoms with E-state index in [1.165, 1.54) is 0 Å². The molecule has 0 unspecified atom stereocenters. The fourth-order valence-electron chi connectivity index (χ4n) is 1.97. The Labute approximate surface area is 143 Å². The number of hydrogen-bond acceptors (Lipinski definition) is 3. The molecule has 0 radical (unpaired) electrons. The maximum absolute atomic E-state index is 11.1. The summed E-state index contributed by atoms with van der Waals surface area (Å²) in [5.74, 6) is 0.618. The molecule has 23 heavy (non-hydrogen) atoms. The van der Waals surface area contributed by atoms with Crippen LogP contribution in [0, 0.1) is 0 Å². The van der Waals surface area contributed by atoms with Crippen molar-refractivity contribution in [3.63, 3.8) is 0 Å². The first-order chi connectivity index (χ1) is 10.5. The molecule has 0 aliphatic heterocycles. The van der Waals surface area contributed by atoms with E-state index in [-0.39, 0.29) is 17.5 Å². The molecule has 3 aromatic rings. The van der Waals surface area contributed by atoms with Crippen LogP contribution in [0.2, 0.25) is 0 Å². The van der Waals surface area contributed by atoms with E-state index in [2.05, 4.69) is 10.1 Å². The van der Waals surface area contributed by atoms with Crippen molar-refractivity contribution in [3.8, 4) is 17.1 Å². The second-order valence-electron chi connectivity index (χ2n) is 4.48. The van der Waals surface area contributed by atoms with Gasteiger partial charge in [-0.05, 0) is 29.2 Å². The molecule has 2 aromatic carbocycles. The van der Waals surface area contributed by atoms with Crippen LogP contribution in [0.15, 0.2) is 60.7 Å². The Balaban J connectivity index is 0.00000192. The molecule has 0 atom stereocenters. The van der Waals surface area contributed by atoms with Crippen LogP contribution in [-0.2, 0) is 4.57 Å². The summed E-state index contributed by atoms with van der Waals surface area (Å²) < 4.78 is 13.0. The van der Waals surface area contributed by atoms with Crippen LogP contribution >= 0.6 is 19.3 Å². The zero-order valence-electron chi connectivity index (χ0n) is 11.7. The highest BCUT2D eigenvalue weighted by Crippen LogP contribution is 2.36. The molecule has 0 aliphatic carbocycles. The summed E-state index contributed by atoms with van der Waals surface area (Å²) in [7, 11) is -4.39. The van der Waals surface area contributed by atoms with Gasteiger partial charge in [0.15, 0.2) is 0 Å². The Kier molecular flexibility index (Phi) is 5.51. The van der Waals surface area contributed by atoms with Gasteiger partial charge in [-0.2, -0.15) is 0 Å². The predicted octanol–water partition coefficient (Wildman–Crippen LogP) is -0.405. The SMILES string of the molecule is O=P(O)(O)Nc1nc(-c2ccccc2)[n+](-c2ccccc2)s1.[Cl-]. The lowest BCUT2D eigenvalue weighted by Crippen LogP contribution is -3.00. The summed E-state index contributed by atoms with van der Waals surface area (Å²) in [6, 6.07) is 19.0. The van der Waals surface area contributed by atoms with Crippen LogP contribution < -0.4 is 21.5 Å². The van der Waals surface area contributed by atoms with Crippen molar-refractivity contribution in [2.45, 2.75) is 0 Å². The largest absolute Gasteiger partial charge is 1.00 e. The highest BCUT2D eigenvalue weighted by molar-refractivity contribution is 7.53. The summed E-state index contributed by atoms with van der Waals surface area (Å²) in [5, 5.41) is 2.30. The van der Waals surface area contributed by atoms with E-state index in [9.17, 15) is 4.57 Å². The van der Waals surface area contributed by atoms with Crippen molar-refractivity contribution in [1.29, 1.82) is 0 Å². The third-order valence-corrected chi connectivity index (χ3v) is 4.43. The standard InChI is InChI=1S/C14H12N3O3PS.ClH/c18-21(19,20)16-14-15-13(11-7-3-1-4-8-11)17(22-14)12-9-5-2-6-10-12;/h1-10H,(H2,18,19,20);1H. The van der Waals surface area contributed by atoms with Crippen LogP contribution in [0.3, 0.4) is 0 Å². The van der Waals surface area contributed by atoms with Gasteiger partial charge >= 0.3 is 18.7 Å². The molecule has 9 heteroatoms. The fraction of sp³-hybridized carbons (Fsp3) is 0. The maximum atomic E-state index is 11.1. The third kappa shape index (κ3) is 4.37. The minimum absolute atomic E-state index is 0. The topological polar surface area (TPSA) is 86.3 Å². The van der Waals surface area contributed by atoms with Gasteiger partial charge in [-0.1, -0.05) is 36.4 Å². The van der Waals surface area contributed by atoms with Gasteiger partial charge in [-0.3, -0.25) is 0 Å². The lowest BCUT2D eigenvalue weighted by molar-refractivity contribution is -0.509. The monoisotopic (exact) mass is 369 g/mol. The number of nitrogens with zero attached hydrogens (tertiary/aromatic N) is 2. The van der Waals surface area contributed by atoms with Crippen LogP contribution in [0.25, 0.3) is 17.1 Å². The van der Waals surface area contributed by atoms with Gasteiger partial charge in [-0.25, -0.2) is 9.65 Å². The Morgan fingerprint density at radius 2 is 1.57 bits per heavy atom. The van der Waals surface area contributed by atoms with Gasteiger partial charge in [0.25, 0.3) is 0 Å². The second-order valence-corrected chi connectivity index (χ2v) is 6.73. The van der Waals surface area contributed by atoms with Gasteiger partial charge in [0.1, 0.15) is 17.2 Å². The molecule has 1 aromatic heterocycles. The van der Waals surface area contributed by atoms with Gasteiger partial charge in [0.05, 0.1) is 5.56 Å². The molecule has 0 fully saturated rings. The number of para-hydroxylation sites is 1. The quantitative estimate of drug-likeness (QED) is 0.430. The lowest BCUT2D eigenvalue weighted by Gasteiger charge is -1.98.